The largest absolute Gasteiger partial charge is 0.492 e. The van der Waals surface area contributed by atoms with Gasteiger partial charge in [0.2, 0.25) is 5.88 Å². The maximum atomic E-state index is 12.9. The summed E-state index contributed by atoms with van der Waals surface area (Å²) in [5.74, 6) is -0.556. The Morgan fingerprint density at radius 1 is 1.20 bits per heavy atom. The number of benzene rings is 1. The standard InChI is InChI=1S/C15H12F3N3O3S/c16-15(17,18)9-3-5-10(6-4-9)25(23,24)21-13(8-1-2-8)11-7-19-20-12(11)14(21)22/h3-8,20,22H,1-2H2. The number of H-pyrrole nitrogens is 1. The predicted molar refractivity (Wildman–Crippen MR) is 81.8 cm³/mol. The van der Waals surface area contributed by atoms with Crippen molar-refractivity contribution < 1.29 is 26.7 Å². The number of hydrogen-bond donors (Lipinski definition) is 2. The molecule has 0 saturated heterocycles. The van der Waals surface area contributed by atoms with E-state index in [2.05, 4.69) is 10.2 Å². The molecular formula is C15H12F3N3O3S. The fraction of sp³-hybridized carbons (Fsp3) is 0.267. The average Bonchev–Trinajstić information content (AvgIpc) is 3.18. The highest BCUT2D eigenvalue weighted by molar-refractivity contribution is 7.90. The van der Waals surface area contributed by atoms with Gasteiger partial charge in [0, 0.05) is 11.3 Å². The lowest BCUT2D eigenvalue weighted by Gasteiger charge is -2.12. The summed E-state index contributed by atoms with van der Waals surface area (Å²) in [6.07, 6.45) is -1.58. The molecule has 2 aromatic heterocycles. The van der Waals surface area contributed by atoms with E-state index >= 15 is 0 Å². The maximum Gasteiger partial charge on any atom is 0.416 e. The van der Waals surface area contributed by atoms with Crippen LogP contribution in [-0.2, 0) is 16.2 Å². The second-order valence-corrected chi connectivity index (χ2v) is 7.72. The highest BCUT2D eigenvalue weighted by Crippen LogP contribution is 2.47. The molecule has 3 aromatic rings. The molecule has 0 amide bonds. The van der Waals surface area contributed by atoms with Gasteiger partial charge in [0.1, 0.15) is 5.52 Å². The summed E-state index contributed by atoms with van der Waals surface area (Å²) in [6.45, 7) is 0. The van der Waals surface area contributed by atoms with Gasteiger partial charge in [0.05, 0.1) is 22.3 Å². The molecule has 25 heavy (non-hydrogen) atoms. The lowest BCUT2D eigenvalue weighted by molar-refractivity contribution is -0.137. The van der Waals surface area contributed by atoms with E-state index in [4.69, 9.17) is 0 Å². The summed E-state index contributed by atoms with van der Waals surface area (Å²) < 4.78 is 64.7. The molecule has 0 unspecified atom stereocenters. The molecule has 1 saturated carbocycles. The molecule has 2 heterocycles. The number of rotatable bonds is 3. The summed E-state index contributed by atoms with van der Waals surface area (Å²) in [6, 6.07) is 3.19. The van der Waals surface area contributed by atoms with E-state index in [0.717, 1.165) is 28.9 Å². The summed E-state index contributed by atoms with van der Waals surface area (Å²) >= 11 is 0. The predicted octanol–water partition coefficient (Wildman–Crippen LogP) is 3.20. The zero-order valence-electron chi connectivity index (χ0n) is 12.6. The number of nitrogens with one attached hydrogen (secondary N) is 1. The third-order valence-electron chi connectivity index (χ3n) is 4.23. The van der Waals surface area contributed by atoms with Gasteiger partial charge in [0.25, 0.3) is 10.0 Å². The molecule has 0 radical (unpaired) electrons. The zero-order valence-corrected chi connectivity index (χ0v) is 13.4. The van der Waals surface area contributed by atoms with Crippen LogP contribution in [0.2, 0.25) is 0 Å². The van der Waals surface area contributed by atoms with Crippen LogP contribution in [0, 0.1) is 0 Å². The molecule has 0 bridgehead atoms. The van der Waals surface area contributed by atoms with Crippen LogP contribution >= 0.6 is 0 Å². The van der Waals surface area contributed by atoms with Gasteiger partial charge in [-0.25, -0.2) is 12.4 Å². The Hall–Kier alpha value is -2.49. The first-order chi connectivity index (χ1) is 11.7. The Morgan fingerprint density at radius 2 is 1.84 bits per heavy atom. The molecule has 0 atom stereocenters. The van der Waals surface area contributed by atoms with Crippen molar-refractivity contribution in [2.24, 2.45) is 0 Å². The number of alkyl halides is 3. The van der Waals surface area contributed by atoms with Crippen LogP contribution in [-0.4, -0.2) is 27.7 Å². The molecule has 1 aliphatic carbocycles. The minimum absolute atomic E-state index is 0.0368. The van der Waals surface area contributed by atoms with Crippen molar-refractivity contribution in [2.75, 3.05) is 0 Å². The molecule has 2 N–H and O–H groups in total. The minimum atomic E-state index is -4.56. The van der Waals surface area contributed by atoms with Gasteiger partial charge in [-0.3, -0.25) is 5.10 Å². The van der Waals surface area contributed by atoms with Crippen molar-refractivity contribution in [2.45, 2.75) is 29.8 Å². The molecular weight excluding hydrogens is 359 g/mol. The Morgan fingerprint density at radius 3 is 2.40 bits per heavy atom. The van der Waals surface area contributed by atoms with Gasteiger partial charge in [-0.2, -0.15) is 18.3 Å². The fourth-order valence-electron chi connectivity index (χ4n) is 2.88. The van der Waals surface area contributed by atoms with Crippen molar-refractivity contribution in [3.63, 3.8) is 0 Å². The Kier molecular flexibility index (Phi) is 3.21. The fourth-order valence-corrected chi connectivity index (χ4v) is 4.40. The molecule has 0 spiro atoms. The smallest absolute Gasteiger partial charge is 0.416 e. The number of aromatic hydroxyl groups is 1. The van der Waals surface area contributed by atoms with Crippen LogP contribution in [0.15, 0.2) is 35.4 Å². The van der Waals surface area contributed by atoms with E-state index < -0.39 is 27.6 Å². The summed E-state index contributed by atoms with van der Waals surface area (Å²) in [5, 5.41) is 17.2. The molecule has 1 aromatic carbocycles. The number of fused-ring (bicyclic) bond motifs is 1. The summed E-state index contributed by atoms with van der Waals surface area (Å²) in [4.78, 5) is -0.330. The van der Waals surface area contributed by atoms with E-state index in [1.54, 1.807) is 0 Å². The minimum Gasteiger partial charge on any atom is -0.492 e. The van der Waals surface area contributed by atoms with Crippen molar-refractivity contribution >= 4 is 20.9 Å². The van der Waals surface area contributed by atoms with Gasteiger partial charge < -0.3 is 5.11 Å². The van der Waals surface area contributed by atoms with E-state index in [1.165, 1.54) is 6.20 Å². The van der Waals surface area contributed by atoms with E-state index in [9.17, 15) is 26.7 Å². The third-order valence-corrected chi connectivity index (χ3v) is 5.95. The number of halogens is 3. The molecule has 4 rings (SSSR count). The highest BCUT2D eigenvalue weighted by atomic mass is 32.2. The molecule has 1 aliphatic rings. The lowest BCUT2D eigenvalue weighted by atomic mass is 10.2. The molecule has 132 valence electrons. The number of aromatic nitrogens is 3. The van der Waals surface area contributed by atoms with Gasteiger partial charge in [0.15, 0.2) is 0 Å². The Balaban J connectivity index is 1.89. The SMILES string of the molecule is O=S(=O)(c1ccc(C(F)(F)F)cc1)n1c(C2CC2)c2cn[nH]c2c1O. The second-order valence-electron chi connectivity index (χ2n) is 5.93. The maximum absolute atomic E-state index is 12.9. The van der Waals surface area contributed by atoms with Crippen molar-refractivity contribution in [1.29, 1.82) is 0 Å². The van der Waals surface area contributed by atoms with Gasteiger partial charge >= 0.3 is 6.18 Å². The van der Waals surface area contributed by atoms with E-state index in [-0.39, 0.29) is 16.3 Å². The normalized spacial score (nSPS) is 15.8. The highest BCUT2D eigenvalue weighted by Gasteiger charge is 2.37. The first-order valence-corrected chi connectivity index (χ1v) is 8.84. The van der Waals surface area contributed by atoms with Gasteiger partial charge in [-0.05, 0) is 37.1 Å². The van der Waals surface area contributed by atoms with E-state index in [1.807, 2.05) is 0 Å². The average molecular weight is 371 g/mol. The molecule has 1 fully saturated rings. The van der Waals surface area contributed by atoms with Crippen LogP contribution in [0.5, 0.6) is 5.88 Å². The van der Waals surface area contributed by atoms with Crippen molar-refractivity contribution in [3.05, 3.63) is 41.7 Å². The molecule has 10 heteroatoms. The van der Waals surface area contributed by atoms with Crippen LogP contribution in [0.25, 0.3) is 10.9 Å². The monoisotopic (exact) mass is 371 g/mol. The van der Waals surface area contributed by atoms with Gasteiger partial charge in [-0.15, -0.1) is 0 Å². The first-order valence-electron chi connectivity index (χ1n) is 7.40. The Labute approximate surface area is 139 Å². The lowest BCUT2D eigenvalue weighted by Crippen LogP contribution is -2.16. The second kappa shape index (κ2) is 5.01. The molecule has 0 aliphatic heterocycles. The van der Waals surface area contributed by atoms with Gasteiger partial charge in [-0.1, -0.05) is 0 Å². The van der Waals surface area contributed by atoms with Crippen molar-refractivity contribution in [1.82, 2.24) is 14.2 Å². The molecule has 6 nitrogen and oxygen atoms in total. The first kappa shape index (κ1) is 16.0. The number of aromatic amines is 1. The van der Waals surface area contributed by atoms with Crippen LogP contribution < -0.4 is 0 Å². The zero-order chi connectivity index (χ0) is 18.0. The number of hydrogen-bond acceptors (Lipinski definition) is 4. The van der Waals surface area contributed by atoms with Crippen LogP contribution in [0.1, 0.15) is 30.0 Å². The summed E-state index contributed by atoms with van der Waals surface area (Å²) in [5.41, 5.74) is -0.347. The van der Waals surface area contributed by atoms with Crippen molar-refractivity contribution in [3.8, 4) is 5.88 Å². The number of nitrogens with zero attached hydrogens (tertiary/aromatic N) is 2. The Bertz CT molecular complexity index is 1060. The van der Waals surface area contributed by atoms with Crippen LogP contribution in [0.4, 0.5) is 13.2 Å². The topological polar surface area (TPSA) is 88.0 Å². The third kappa shape index (κ3) is 2.39. The summed E-state index contributed by atoms with van der Waals surface area (Å²) in [7, 11) is -4.25. The quantitative estimate of drug-likeness (QED) is 0.740. The van der Waals surface area contributed by atoms with Crippen LogP contribution in [0.3, 0.4) is 0 Å². The van der Waals surface area contributed by atoms with E-state index in [0.29, 0.717) is 23.2 Å².